The van der Waals surface area contributed by atoms with Crippen LogP contribution in [0.1, 0.15) is 54.4 Å². The minimum Gasteiger partial charge on any atom is -0.444 e. The van der Waals surface area contributed by atoms with Crippen molar-refractivity contribution in [3.63, 3.8) is 0 Å². The number of nitrogens with two attached hydrogens (primary N) is 1. The number of amides is 2. The van der Waals surface area contributed by atoms with E-state index in [9.17, 15) is 14.7 Å². The van der Waals surface area contributed by atoms with Crippen LogP contribution in [-0.4, -0.2) is 77.5 Å². The maximum absolute atomic E-state index is 13.1. The summed E-state index contributed by atoms with van der Waals surface area (Å²) in [6.45, 7) is 11.1. The Kier molecular flexibility index (Phi) is 7.53. The van der Waals surface area contributed by atoms with E-state index in [1.54, 1.807) is 34.6 Å². The zero-order valence-corrected chi connectivity index (χ0v) is 18.3. The maximum Gasteiger partial charge on any atom is 0.411 e. The van der Waals surface area contributed by atoms with Gasteiger partial charge in [0.25, 0.3) is 0 Å². The second kappa shape index (κ2) is 9.16. The number of aliphatic hydroxyl groups excluding tert-OH is 1. The molecule has 2 aliphatic heterocycles. The molecule has 168 valence electrons. The van der Waals surface area contributed by atoms with E-state index >= 15 is 0 Å². The van der Waals surface area contributed by atoms with E-state index in [2.05, 4.69) is 6.92 Å². The van der Waals surface area contributed by atoms with Crippen molar-refractivity contribution in [2.24, 2.45) is 11.7 Å². The summed E-state index contributed by atoms with van der Waals surface area (Å²) in [5.41, 5.74) is 4.81. The fourth-order valence-electron chi connectivity index (χ4n) is 3.90. The molecular formula is C20H36N2O7. The molecule has 2 heterocycles. The lowest BCUT2D eigenvalue weighted by Gasteiger charge is -2.37. The van der Waals surface area contributed by atoms with Crippen LogP contribution in [0.4, 0.5) is 4.79 Å². The van der Waals surface area contributed by atoms with Crippen molar-refractivity contribution in [3.8, 4) is 0 Å². The third kappa shape index (κ3) is 5.59. The zero-order chi connectivity index (χ0) is 22.0. The summed E-state index contributed by atoms with van der Waals surface area (Å²) in [6.07, 6.45) is 0.0843. The Morgan fingerprint density at radius 2 is 1.86 bits per heavy atom. The van der Waals surface area contributed by atoms with Gasteiger partial charge in [-0.15, -0.1) is 0 Å². The predicted molar refractivity (Wildman–Crippen MR) is 105 cm³/mol. The van der Waals surface area contributed by atoms with Gasteiger partial charge < -0.3 is 29.8 Å². The highest BCUT2D eigenvalue weighted by atomic mass is 16.8. The molecule has 0 radical (unpaired) electrons. The van der Waals surface area contributed by atoms with Gasteiger partial charge >= 0.3 is 6.09 Å². The summed E-state index contributed by atoms with van der Waals surface area (Å²) in [5, 5.41) is 9.86. The molecule has 0 aliphatic carbocycles. The average Bonchev–Trinajstić information content (AvgIpc) is 3.02. The number of hydrogen-bond donors (Lipinski definition) is 2. The number of fused-ring (bicyclic) bond motifs is 1. The van der Waals surface area contributed by atoms with Crippen molar-refractivity contribution in [1.82, 2.24) is 4.90 Å². The second-order valence-corrected chi connectivity index (χ2v) is 9.13. The van der Waals surface area contributed by atoms with E-state index < -0.39 is 60.2 Å². The molecule has 2 unspecified atom stereocenters. The highest BCUT2D eigenvalue weighted by molar-refractivity contribution is 5.79. The second-order valence-electron chi connectivity index (χ2n) is 9.13. The Morgan fingerprint density at radius 1 is 1.24 bits per heavy atom. The van der Waals surface area contributed by atoms with Gasteiger partial charge in [0.05, 0.1) is 31.2 Å². The van der Waals surface area contributed by atoms with Gasteiger partial charge in [-0.05, 0) is 41.0 Å². The van der Waals surface area contributed by atoms with E-state index in [4.69, 9.17) is 24.7 Å². The third-order valence-corrected chi connectivity index (χ3v) is 5.07. The summed E-state index contributed by atoms with van der Waals surface area (Å²) in [4.78, 5) is 26.6. The number of primary amides is 1. The minimum atomic E-state index is -1.02. The quantitative estimate of drug-likeness (QED) is 0.574. The van der Waals surface area contributed by atoms with Gasteiger partial charge in [0, 0.05) is 6.61 Å². The van der Waals surface area contributed by atoms with Gasteiger partial charge in [0.15, 0.2) is 5.79 Å². The summed E-state index contributed by atoms with van der Waals surface area (Å²) < 4.78 is 23.5. The van der Waals surface area contributed by atoms with Crippen molar-refractivity contribution in [3.05, 3.63) is 0 Å². The molecule has 0 bridgehead atoms. The molecule has 2 rings (SSSR count). The molecule has 3 N–H and O–H groups in total. The van der Waals surface area contributed by atoms with Crippen molar-refractivity contribution in [2.75, 3.05) is 19.8 Å². The van der Waals surface area contributed by atoms with E-state index in [-0.39, 0.29) is 6.61 Å². The Balaban J connectivity index is 2.39. The van der Waals surface area contributed by atoms with E-state index in [1.165, 1.54) is 4.90 Å². The first kappa shape index (κ1) is 23.9. The third-order valence-electron chi connectivity index (χ3n) is 5.07. The number of unbranched alkanes of at least 4 members (excludes halogenated alkanes) is 1. The van der Waals surface area contributed by atoms with Crippen molar-refractivity contribution >= 4 is 12.0 Å². The summed E-state index contributed by atoms with van der Waals surface area (Å²) in [5.74, 6) is -2.63. The topological polar surface area (TPSA) is 121 Å². The molecule has 2 aliphatic rings. The van der Waals surface area contributed by atoms with Crippen LogP contribution in [-0.2, 0) is 23.7 Å². The number of carbonyl (C=O) groups excluding carboxylic acids is 2. The molecular weight excluding hydrogens is 380 g/mol. The van der Waals surface area contributed by atoms with Gasteiger partial charge in [0.1, 0.15) is 17.8 Å². The number of nitrogens with zero attached hydrogens (tertiary/aromatic N) is 1. The van der Waals surface area contributed by atoms with Gasteiger partial charge in [-0.25, -0.2) is 4.79 Å². The molecule has 9 nitrogen and oxygen atoms in total. The Morgan fingerprint density at radius 3 is 2.38 bits per heavy atom. The lowest BCUT2D eigenvalue weighted by molar-refractivity contribution is -0.174. The van der Waals surface area contributed by atoms with Crippen molar-refractivity contribution in [2.45, 2.75) is 90.1 Å². The Labute approximate surface area is 172 Å². The molecule has 5 atom stereocenters. The molecule has 29 heavy (non-hydrogen) atoms. The molecule has 2 fully saturated rings. The summed E-state index contributed by atoms with van der Waals surface area (Å²) in [7, 11) is 0. The van der Waals surface area contributed by atoms with Crippen LogP contribution in [0.2, 0.25) is 0 Å². The largest absolute Gasteiger partial charge is 0.444 e. The lowest BCUT2D eigenvalue weighted by atomic mass is 9.94. The molecule has 9 heteroatoms. The average molecular weight is 417 g/mol. The van der Waals surface area contributed by atoms with Crippen molar-refractivity contribution in [1.29, 1.82) is 0 Å². The molecule has 2 saturated heterocycles. The van der Waals surface area contributed by atoms with Crippen LogP contribution >= 0.6 is 0 Å². The van der Waals surface area contributed by atoms with Crippen LogP contribution in [0.15, 0.2) is 0 Å². The zero-order valence-electron chi connectivity index (χ0n) is 18.3. The fourth-order valence-corrected chi connectivity index (χ4v) is 3.90. The van der Waals surface area contributed by atoms with Crippen LogP contribution in [0.3, 0.4) is 0 Å². The fraction of sp³-hybridized carbons (Fsp3) is 0.900. The van der Waals surface area contributed by atoms with Crippen LogP contribution < -0.4 is 5.73 Å². The van der Waals surface area contributed by atoms with E-state index in [1.807, 2.05) is 0 Å². The number of hydrogen-bond acceptors (Lipinski definition) is 7. The number of aliphatic hydroxyl groups is 1. The standard InChI is InChI=1S/C20H36N2O7/c1-7-8-9-26-11-13-15-16(28-20(5,6)27-15)14(12(10-23)17(21)24)22(13)18(25)29-19(2,3)4/h12-16,23H,7-11H2,1-6H3,(H2,21,24)/t12?,13-,14?,15-,16+/m1/s1. The van der Waals surface area contributed by atoms with Crippen LogP contribution in [0.25, 0.3) is 0 Å². The van der Waals surface area contributed by atoms with Crippen LogP contribution in [0, 0.1) is 5.92 Å². The highest BCUT2D eigenvalue weighted by Gasteiger charge is 2.62. The van der Waals surface area contributed by atoms with Crippen molar-refractivity contribution < 1.29 is 33.6 Å². The molecule has 0 aromatic rings. The van der Waals surface area contributed by atoms with Gasteiger partial charge in [-0.3, -0.25) is 9.69 Å². The van der Waals surface area contributed by atoms with E-state index in [0.717, 1.165) is 12.8 Å². The van der Waals surface area contributed by atoms with Gasteiger partial charge in [0.2, 0.25) is 5.91 Å². The first-order valence-electron chi connectivity index (χ1n) is 10.3. The van der Waals surface area contributed by atoms with Crippen LogP contribution in [0.5, 0.6) is 0 Å². The van der Waals surface area contributed by atoms with Gasteiger partial charge in [-0.2, -0.15) is 0 Å². The predicted octanol–water partition coefficient (Wildman–Crippen LogP) is 1.40. The number of likely N-dealkylation sites (tertiary alicyclic amines) is 1. The van der Waals surface area contributed by atoms with Gasteiger partial charge in [-0.1, -0.05) is 13.3 Å². The molecule has 0 aromatic carbocycles. The normalized spacial score (nSPS) is 29.6. The first-order valence-corrected chi connectivity index (χ1v) is 10.3. The Hall–Kier alpha value is -1.42. The minimum absolute atomic E-state index is 0.202. The molecule has 0 spiro atoms. The maximum atomic E-state index is 13.1. The highest BCUT2D eigenvalue weighted by Crippen LogP contribution is 2.43. The number of carbonyl (C=O) groups is 2. The Bertz CT molecular complexity index is 590. The molecule has 0 saturated carbocycles. The summed E-state index contributed by atoms with van der Waals surface area (Å²) in [6, 6.07) is -1.36. The number of rotatable bonds is 8. The smallest absolute Gasteiger partial charge is 0.411 e. The number of ether oxygens (including phenoxy) is 4. The monoisotopic (exact) mass is 416 g/mol. The summed E-state index contributed by atoms with van der Waals surface area (Å²) >= 11 is 0. The lowest BCUT2D eigenvalue weighted by Crippen LogP contribution is -2.55. The molecule has 2 amide bonds. The SMILES string of the molecule is CCCCOC[C@@H]1[C@H]2OC(C)(C)O[C@H]2C(C(CO)C(N)=O)N1C(=O)OC(C)(C)C. The van der Waals surface area contributed by atoms with E-state index in [0.29, 0.717) is 6.61 Å². The first-order chi connectivity index (χ1) is 13.4. The molecule has 0 aromatic heterocycles.